The van der Waals surface area contributed by atoms with Gasteiger partial charge in [0.05, 0.1) is 24.4 Å². The molecule has 1 saturated carbocycles. The SMILES string of the molecule is Cc1ncc(OC[C@@]2(c3ccc(F)c(F)c3)C[C@H]2C(=O)O)c(C)n1. The molecule has 3 rings (SSSR count). The van der Waals surface area contributed by atoms with Crippen LogP contribution in [0.3, 0.4) is 0 Å². The van der Waals surface area contributed by atoms with Gasteiger partial charge in [-0.3, -0.25) is 4.79 Å². The number of rotatable bonds is 5. The number of benzene rings is 1. The van der Waals surface area contributed by atoms with Crippen molar-refractivity contribution in [2.45, 2.75) is 25.7 Å². The fourth-order valence-electron chi connectivity index (χ4n) is 2.92. The molecule has 0 radical (unpaired) electrons. The Kier molecular flexibility index (Phi) is 3.95. The Morgan fingerprint density at radius 3 is 2.71 bits per heavy atom. The molecule has 0 unspecified atom stereocenters. The second kappa shape index (κ2) is 5.81. The number of halogens is 2. The van der Waals surface area contributed by atoms with Gasteiger partial charge in [0, 0.05) is 5.41 Å². The van der Waals surface area contributed by atoms with Gasteiger partial charge in [-0.25, -0.2) is 18.7 Å². The van der Waals surface area contributed by atoms with Crippen molar-refractivity contribution in [1.29, 1.82) is 0 Å². The maximum Gasteiger partial charge on any atom is 0.307 e. The average Bonchev–Trinajstić information content (AvgIpc) is 3.25. The van der Waals surface area contributed by atoms with Crippen molar-refractivity contribution >= 4 is 5.97 Å². The topological polar surface area (TPSA) is 72.3 Å². The van der Waals surface area contributed by atoms with Gasteiger partial charge in [-0.1, -0.05) is 6.07 Å². The van der Waals surface area contributed by atoms with E-state index in [4.69, 9.17) is 4.74 Å². The molecule has 1 aromatic heterocycles. The third-order valence-corrected chi connectivity index (χ3v) is 4.41. The van der Waals surface area contributed by atoms with Crippen LogP contribution in [-0.2, 0) is 10.2 Å². The van der Waals surface area contributed by atoms with Gasteiger partial charge >= 0.3 is 5.97 Å². The van der Waals surface area contributed by atoms with Crippen molar-refractivity contribution in [3.05, 3.63) is 53.1 Å². The molecule has 1 aromatic carbocycles. The van der Waals surface area contributed by atoms with Crippen molar-refractivity contribution in [1.82, 2.24) is 9.97 Å². The molecule has 0 bridgehead atoms. The summed E-state index contributed by atoms with van der Waals surface area (Å²) in [4.78, 5) is 19.6. The van der Waals surface area contributed by atoms with Crippen LogP contribution in [0.4, 0.5) is 8.78 Å². The fraction of sp³-hybridized carbons (Fsp3) is 0.353. The molecular weight excluding hydrogens is 318 g/mol. The maximum atomic E-state index is 13.6. The number of nitrogens with zero attached hydrogens (tertiary/aromatic N) is 2. The van der Waals surface area contributed by atoms with E-state index in [0.29, 0.717) is 29.3 Å². The van der Waals surface area contributed by atoms with Crippen molar-refractivity contribution in [3.63, 3.8) is 0 Å². The molecule has 0 saturated heterocycles. The average molecular weight is 334 g/mol. The molecule has 0 amide bonds. The van der Waals surface area contributed by atoms with E-state index in [1.54, 1.807) is 13.8 Å². The van der Waals surface area contributed by atoms with Gasteiger partial charge in [-0.15, -0.1) is 0 Å². The summed E-state index contributed by atoms with van der Waals surface area (Å²) in [6.45, 7) is 3.54. The van der Waals surface area contributed by atoms with Crippen molar-refractivity contribution < 1.29 is 23.4 Å². The summed E-state index contributed by atoms with van der Waals surface area (Å²) < 4.78 is 32.4. The molecule has 5 nitrogen and oxygen atoms in total. The van der Waals surface area contributed by atoms with E-state index >= 15 is 0 Å². The van der Waals surface area contributed by atoms with E-state index in [1.165, 1.54) is 12.3 Å². The minimum Gasteiger partial charge on any atom is -0.489 e. The zero-order chi connectivity index (χ0) is 17.5. The maximum absolute atomic E-state index is 13.6. The largest absolute Gasteiger partial charge is 0.489 e. The number of carbonyl (C=O) groups is 1. The standard InChI is InChI=1S/C17H16F2N2O3/c1-9-15(7-20-10(2)21-9)24-8-17(6-12(17)16(22)23)11-3-4-13(18)14(19)5-11/h3-5,7,12H,6,8H2,1-2H3,(H,22,23)/t12-,17+/m0/s1. The quantitative estimate of drug-likeness (QED) is 0.910. The lowest BCUT2D eigenvalue weighted by molar-refractivity contribution is -0.139. The van der Waals surface area contributed by atoms with Gasteiger partial charge in [0.2, 0.25) is 0 Å². The molecular formula is C17H16F2N2O3. The Balaban J connectivity index is 1.87. The molecule has 1 heterocycles. The number of ether oxygens (including phenoxy) is 1. The van der Waals surface area contributed by atoms with E-state index in [-0.39, 0.29) is 6.61 Å². The van der Waals surface area contributed by atoms with Crippen LogP contribution in [0.25, 0.3) is 0 Å². The van der Waals surface area contributed by atoms with Gasteiger partial charge in [0.15, 0.2) is 17.4 Å². The van der Waals surface area contributed by atoms with E-state index in [9.17, 15) is 18.7 Å². The zero-order valence-corrected chi connectivity index (χ0v) is 13.2. The van der Waals surface area contributed by atoms with Gasteiger partial charge in [0.25, 0.3) is 0 Å². The highest BCUT2D eigenvalue weighted by Gasteiger charge is 2.60. The van der Waals surface area contributed by atoms with Crippen LogP contribution < -0.4 is 4.74 Å². The number of aliphatic carboxylic acids is 1. The van der Waals surface area contributed by atoms with Crippen molar-refractivity contribution in [2.24, 2.45) is 5.92 Å². The number of hydrogen-bond acceptors (Lipinski definition) is 4. The van der Waals surface area contributed by atoms with Gasteiger partial charge in [-0.05, 0) is 38.0 Å². The Hall–Kier alpha value is -2.57. The Morgan fingerprint density at radius 1 is 1.38 bits per heavy atom. The van der Waals surface area contributed by atoms with Crippen LogP contribution in [0.1, 0.15) is 23.5 Å². The van der Waals surface area contributed by atoms with Crippen LogP contribution in [0, 0.1) is 31.4 Å². The highest BCUT2D eigenvalue weighted by atomic mass is 19.2. The predicted octanol–water partition coefficient (Wildman–Crippen LogP) is 2.79. The lowest BCUT2D eigenvalue weighted by Gasteiger charge is -2.19. The smallest absolute Gasteiger partial charge is 0.307 e. The first-order valence-electron chi connectivity index (χ1n) is 7.45. The Bertz CT molecular complexity index is 812. The highest BCUT2D eigenvalue weighted by molar-refractivity contribution is 5.77. The normalized spacial score (nSPS) is 22.2. The molecule has 24 heavy (non-hydrogen) atoms. The molecule has 1 aliphatic carbocycles. The molecule has 0 aliphatic heterocycles. The molecule has 7 heteroatoms. The van der Waals surface area contributed by atoms with Crippen molar-refractivity contribution in [2.75, 3.05) is 6.61 Å². The first-order chi connectivity index (χ1) is 11.3. The number of aryl methyl sites for hydroxylation is 2. The number of carboxylic acids is 1. The highest BCUT2D eigenvalue weighted by Crippen LogP contribution is 2.54. The molecule has 1 aliphatic rings. The lowest BCUT2D eigenvalue weighted by Crippen LogP contribution is -2.24. The van der Waals surface area contributed by atoms with Gasteiger partial charge in [-0.2, -0.15) is 0 Å². The van der Waals surface area contributed by atoms with Crippen LogP contribution in [0.5, 0.6) is 5.75 Å². The first kappa shape index (κ1) is 16.3. The lowest BCUT2D eigenvalue weighted by atomic mass is 9.93. The summed E-state index contributed by atoms with van der Waals surface area (Å²) in [5.41, 5.74) is 0.174. The monoisotopic (exact) mass is 334 g/mol. The van der Waals surface area contributed by atoms with Crippen LogP contribution in [0.15, 0.2) is 24.4 Å². The minimum absolute atomic E-state index is 0.0301. The number of carboxylic acid groups (broad SMARTS) is 1. The molecule has 2 atom stereocenters. The third-order valence-electron chi connectivity index (χ3n) is 4.41. The fourth-order valence-corrected chi connectivity index (χ4v) is 2.92. The third kappa shape index (κ3) is 2.81. The number of aromatic nitrogens is 2. The first-order valence-corrected chi connectivity index (χ1v) is 7.45. The van der Waals surface area contributed by atoms with Crippen LogP contribution >= 0.6 is 0 Å². The van der Waals surface area contributed by atoms with E-state index in [1.807, 2.05) is 0 Å². The van der Waals surface area contributed by atoms with Crippen LogP contribution in [0.2, 0.25) is 0 Å². The Labute approximate surface area is 137 Å². The van der Waals surface area contributed by atoms with Crippen molar-refractivity contribution in [3.8, 4) is 5.75 Å². The van der Waals surface area contributed by atoms with Crippen LogP contribution in [-0.4, -0.2) is 27.7 Å². The van der Waals surface area contributed by atoms with E-state index < -0.39 is 28.9 Å². The molecule has 0 spiro atoms. The van der Waals surface area contributed by atoms with Gasteiger partial charge < -0.3 is 9.84 Å². The predicted molar refractivity (Wildman–Crippen MR) is 80.8 cm³/mol. The second-order valence-electron chi connectivity index (χ2n) is 6.04. The summed E-state index contributed by atoms with van der Waals surface area (Å²) >= 11 is 0. The zero-order valence-electron chi connectivity index (χ0n) is 13.2. The number of hydrogen-bond donors (Lipinski definition) is 1. The molecule has 126 valence electrons. The summed E-state index contributed by atoms with van der Waals surface area (Å²) in [6, 6.07) is 3.45. The van der Waals surface area contributed by atoms with E-state index in [2.05, 4.69) is 9.97 Å². The van der Waals surface area contributed by atoms with E-state index in [0.717, 1.165) is 12.1 Å². The second-order valence-corrected chi connectivity index (χ2v) is 6.04. The summed E-state index contributed by atoms with van der Waals surface area (Å²) in [5, 5.41) is 9.31. The molecule has 2 aromatic rings. The Morgan fingerprint density at radius 2 is 2.12 bits per heavy atom. The van der Waals surface area contributed by atoms with Gasteiger partial charge in [0.1, 0.15) is 5.82 Å². The summed E-state index contributed by atoms with van der Waals surface area (Å²) in [7, 11) is 0. The summed E-state index contributed by atoms with van der Waals surface area (Å²) in [6.07, 6.45) is 1.83. The summed E-state index contributed by atoms with van der Waals surface area (Å²) in [5.74, 6) is -2.61. The molecule has 1 fully saturated rings. The minimum atomic E-state index is -1.00. The molecule has 1 N–H and O–H groups in total.